The minimum absolute atomic E-state index is 0.0444. The van der Waals surface area contributed by atoms with Crippen molar-refractivity contribution in [2.75, 3.05) is 23.9 Å². The van der Waals surface area contributed by atoms with Gasteiger partial charge in [0.05, 0.1) is 29.6 Å². The highest BCUT2D eigenvalue weighted by atomic mass is 35.5. The van der Waals surface area contributed by atoms with Crippen LogP contribution in [0.1, 0.15) is 22.8 Å². The van der Waals surface area contributed by atoms with Crippen molar-refractivity contribution < 1.29 is 37.0 Å². The number of rotatable bonds is 4. The molecule has 2 aromatic rings. The van der Waals surface area contributed by atoms with E-state index in [0.717, 1.165) is 29.3 Å². The summed E-state index contributed by atoms with van der Waals surface area (Å²) in [5.74, 6) is -2.30. The third kappa shape index (κ3) is 4.71. The average Bonchev–Trinajstić information content (AvgIpc) is 2.71. The molecule has 0 bridgehead atoms. The second-order valence-electron chi connectivity index (χ2n) is 6.46. The Morgan fingerprint density at radius 1 is 1.29 bits per heavy atom. The van der Waals surface area contributed by atoms with Gasteiger partial charge in [-0.05, 0) is 31.2 Å². The molecule has 1 atom stereocenters. The summed E-state index contributed by atoms with van der Waals surface area (Å²) in [6, 6.07) is 3.83. The van der Waals surface area contributed by atoms with Crippen LogP contribution in [-0.4, -0.2) is 42.5 Å². The Labute approximate surface area is 178 Å². The Bertz CT molecular complexity index is 1060. The lowest BCUT2D eigenvalue weighted by Gasteiger charge is -2.31. The summed E-state index contributed by atoms with van der Waals surface area (Å²) >= 11 is 5.92. The van der Waals surface area contributed by atoms with Crippen LogP contribution in [0.5, 0.6) is 5.88 Å². The van der Waals surface area contributed by atoms with Crippen molar-refractivity contribution in [3.8, 4) is 5.88 Å². The molecule has 1 aliphatic rings. The van der Waals surface area contributed by atoms with E-state index in [1.807, 2.05) is 0 Å². The first-order valence-electron chi connectivity index (χ1n) is 8.74. The van der Waals surface area contributed by atoms with Gasteiger partial charge < -0.3 is 14.8 Å². The fourth-order valence-electron chi connectivity index (χ4n) is 2.85. The smallest absolute Gasteiger partial charge is 0.416 e. The maximum absolute atomic E-state index is 12.9. The number of alkyl halides is 3. The molecule has 164 valence electrons. The second kappa shape index (κ2) is 8.42. The first-order chi connectivity index (χ1) is 14.5. The zero-order valence-electron chi connectivity index (χ0n) is 16.1. The van der Waals surface area contributed by atoms with Crippen LogP contribution in [0.25, 0.3) is 0 Å². The number of esters is 1. The van der Waals surface area contributed by atoms with Crippen molar-refractivity contribution in [1.82, 2.24) is 4.98 Å². The summed E-state index contributed by atoms with van der Waals surface area (Å²) in [6.07, 6.45) is -4.83. The van der Waals surface area contributed by atoms with E-state index in [4.69, 9.17) is 21.1 Å². The van der Waals surface area contributed by atoms with Crippen LogP contribution in [0.4, 0.5) is 24.5 Å². The number of carbonyl (C=O) groups excluding carboxylic acids is 3. The summed E-state index contributed by atoms with van der Waals surface area (Å²) in [7, 11) is 1.34. The molecule has 0 saturated heterocycles. The molecule has 3 rings (SSSR count). The first kappa shape index (κ1) is 22.3. The van der Waals surface area contributed by atoms with E-state index in [1.54, 1.807) is 0 Å². The SMILES string of the molecule is COc1ncc(C(=O)OC(C)C(=O)N2CC(=O)Nc3cc(C(F)(F)F)ccc32)cc1Cl. The first-order valence-corrected chi connectivity index (χ1v) is 9.12. The number of fused-ring (bicyclic) bond motifs is 1. The van der Waals surface area contributed by atoms with Crippen molar-refractivity contribution in [2.45, 2.75) is 19.2 Å². The van der Waals surface area contributed by atoms with Gasteiger partial charge in [0.2, 0.25) is 11.8 Å². The molecule has 0 fully saturated rings. The molecule has 12 heteroatoms. The number of methoxy groups -OCH3 is 1. The predicted octanol–water partition coefficient (Wildman–Crippen LogP) is 3.29. The molecular weight excluding hydrogens is 443 g/mol. The normalized spacial score (nSPS) is 14.4. The van der Waals surface area contributed by atoms with Crippen molar-refractivity contribution in [3.63, 3.8) is 0 Å². The molecule has 0 radical (unpaired) electrons. The van der Waals surface area contributed by atoms with Crippen LogP contribution in [0.2, 0.25) is 5.02 Å². The number of aromatic nitrogens is 1. The molecule has 0 aliphatic carbocycles. The Balaban J connectivity index is 1.80. The molecule has 1 N–H and O–H groups in total. The lowest BCUT2D eigenvalue weighted by Crippen LogP contribution is -2.47. The van der Waals surface area contributed by atoms with Crippen LogP contribution < -0.4 is 15.0 Å². The average molecular weight is 458 g/mol. The summed E-state index contributed by atoms with van der Waals surface area (Å²) < 4.78 is 48.9. The third-order valence-corrected chi connectivity index (χ3v) is 4.60. The molecule has 0 spiro atoms. The van der Waals surface area contributed by atoms with E-state index in [0.29, 0.717) is 0 Å². The molecule has 1 aromatic carbocycles. The van der Waals surface area contributed by atoms with E-state index in [2.05, 4.69) is 10.3 Å². The number of anilines is 2. The van der Waals surface area contributed by atoms with E-state index in [1.165, 1.54) is 20.1 Å². The van der Waals surface area contributed by atoms with E-state index in [9.17, 15) is 27.6 Å². The fourth-order valence-corrected chi connectivity index (χ4v) is 3.09. The molecule has 1 aliphatic heterocycles. The predicted molar refractivity (Wildman–Crippen MR) is 103 cm³/mol. The van der Waals surface area contributed by atoms with Crippen molar-refractivity contribution >= 4 is 40.8 Å². The lowest BCUT2D eigenvalue weighted by molar-refractivity contribution is -0.137. The number of carbonyl (C=O) groups is 3. The minimum atomic E-state index is -4.62. The maximum atomic E-state index is 12.9. The number of ether oxygens (including phenoxy) is 2. The molecule has 0 saturated carbocycles. The molecular formula is C19H15ClF3N3O5. The lowest BCUT2D eigenvalue weighted by atomic mass is 10.1. The van der Waals surface area contributed by atoms with Gasteiger partial charge in [-0.15, -0.1) is 0 Å². The Kier molecular flexibility index (Phi) is 6.07. The fraction of sp³-hybridized carbons (Fsp3) is 0.263. The Hall–Kier alpha value is -3.34. The highest BCUT2D eigenvalue weighted by molar-refractivity contribution is 6.32. The number of hydrogen-bond donors (Lipinski definition) is 1. The van der Waals surface area contributed by atoms with Gasteiger partial charge in [-0.3, -0.25) is 14.5 Å². The summed E-state index contributed by atoms with van der Waals surface area (Å²) in [6.45, 7) is 0.823. The van der Waals surface area contributed by atoms with Crippen LogP contribution >= 0.6 is 11.6 Å². The molecule has 8 nitrogen and oxygen atoms in total. The van der Waals surface area contributed by atoms with Crippen LogP contribution in [-0.2, 0) is 20.5 Å². The van der Waals surface area contributed by atoms with E-state index < -0.39 is 42.2 Å². The zero-order chi connectivity index (χ0) is 22.9. The van der Waals surface area contributed by atoms with Gasteiger partial charge in [0.15, 0.2) is 6.10 Å². The number of nitrogens with one attached hydrogen (secondary N) is 1. The standard InChI is InChI=1S/C19H15ClF3N3O5/c1-9(31-18(29)10-5-12(20)16(30-2)24-7-10)17(28)26-8-15(27)25-13-6-11(19(21,22)23)3-4-14(13)26/h3-7,9H,8H2,1-2H3,(H,25,27). The minimum Gasteiger partial charge on any atom is -0.480 e. The number of benzene rings is 1. The molecule has 2 amide bonds. The summed E-state index contributed by atoms with van der Waals surface area (Å²) in [5, 5.41) is 2.36. The van der Waals surface area contributed by atoms with Gasteiger partial charge in [-0.25, -0.2) is 9.78 Å². The number of pyridine rings is 1. The topological polar surface area (TPSA) is 97.8 Å². The van der Waals surface area contributed by atoms with Crippen molar-refractivity contribution in [1.29, 1.82) is 0 Å². The van der Waals surface area contributed by atoms with Gasteiger partial charge >= 0.3 is 12.1 Å². The summed E-state index contributed by atoms with van der Waals surface area (Å²) in [4.78, 5) is 41.8. The van der Waals surface area contributed by atoms with Crippen LogP contribution in [0.3, 0.4) is 0 Å². The molecule has 1 aromatic heterocycles. The Morgan fingerprint density at radius 3 is 2.61 bits per heavy atom. The highest BCUT2D eigenvalue weighted by Gasteiger charge is 2.35. The van der Waals surface area contributed by atoms with Gasteiger partial charge in [0, 0.05) is 6.20 Å². The van der Waals surface area contributed by atoms with Gasteiger partial charge in [-0.1, -0.05) is 11.6 Å². The molecule has 2 heterocycles. The van der Waals surface area contributed by atoms with E-state index in [-0.39, 0.29) is 27.8 Å². The largest absolute Gasteiger partial charge is 0.480 e. The quantitative estimate of drug-likeness (QED) is 0.707. The molecule has 1 unspecified atom stereocenters. The van der Waals surface area contributed by atoms with E-state index >= 15 is 0 Å². The van der Waals surface area contributed by atoms with Gasteiger partial charge in [-0.2, -0.15) is 13.2 Å². The van der Waals surface area contributed by atoms with Crippen molar-refractivity contribution in [3.05, 3.63) is 46.6 Å². The van der Waals surface area contributed by atoms with Crippen LogP contribution in [0.15, 0.2) is 30.5 Å². The number of hydrogen-bond acceptors (Lipinski definition) is 6. The third-order valence-electron chi connectivity index (χ3n) is 4.32. The van der Waals surface area contributed by atoms with Gasteiger partial charge in [0.1, 0.15) is 11.6 Å². The monoisotopic (exact) mass is 457 g/mol. The number of amides is 2. The van der Waals surface area contributed by atoms with Crippen molar-refractivity contribution in [2.24, 2.45) is 0 Å². The number of nitrogens with zero attached hydrogens (tertiary/aromatic N) is 2. The second-order valence-corrected chi connectivity index (χ2v) is 6.87. The molecule has 31 heavy (non-hydrogen) atoms. The van der Waals surface area contributed by atoms with Crippen LogP contribution in [0, 0.1) is 0 Å². The maximum Gasteiger partial charge on any atom is 0.416 e. The highest BCUT2D eigenvalue weighted by Crippen LogP contribution is 2.37. The number of halogens is 4. The Morgan fingerprint density at radius 2 is 2.00 bits per heavy atom. The zero-order valence-corrected chi connectivity index (χ0v) is 16.9. The summed E-state index contributed by atoms with van der Waals surface area (Å²) in [5.41, 5.74) is -1.15. The van der Waals surface area contributed by atoms with Gasteiger partial charge in [0.25, 0.3) is 5.91 Å².